The first-order valence-corrected chi connectivity index (χ1v) is 7.28. The minimum absolute atomic E-state index is 0.0822. The highest BCUT2D eigenvalue weighted by molar-refractivity contribution is 5.73. The van der Waals surface area contributed by atoms with Crippen LogP contribution in [0.1, 0.15) is 37.3 Å². The van der Waals surface area contributed by atoms with Crippen molar-refractivity contribution in [1.29, 1.82) is 0 Å². The van der Waals surface area contributed by atoms with Crippen molar-refractivity contribution in [2.24, 2.45) is 5.92 Å². The lowest BCUT2D eigenvalue weighted by atomic mass is 9.91. The lowest BCUT2D eigenvalue weighted by Crippen LogP contribution is -2.38. The van der Waals surface area contributed by atoms with E-state index in [1.165, 1.54) is 12.1 Å². The molecule has 116 valence electrons. The zero-order chi connectivity index (χ0) is 15.5. The van der Waals surface area contributed by atoms with E-state index >= 15 is 0 Å². The predicted molar refractivity (Wildman–Crippen MR) is 74.7 cm³/mol. The molecule has 1 amide bonds. The molecule has 0 aromatic heterocycles. The van der Waals surface area contributed by atoms with Gasteiger partial charge in [-0.2, -0.15) is 13.2 Å². The second kappa shape index (κ2) is 6.50. The van der Waals surface area contributed by atoms with E-state index in [0.717, 1.165) is 38.4 Å². The summed E-state index contributed by atoms with van der Waals surface area (Å²) in [7, 11) is 0. The first-order chi connectivity index (χ1) is 9.86. The number of halogens is 3. The van der Waals surface area contributed by atoms with E-state index in [1.54, 1.807) is 13.0 Å². The van der Waals surface area contributed by atoms with Crippen LogP contribution in [0.15, 0.2) is 24.3 Å². The number of carbonyl (C=O) groups is 1. The number of hydrogen-bond donors (Lipinski definition) is 0. The molecule has 2 rings (SSSR count). The van der Waals surface area contributed by atoms with Gasteiger partial charge in [0, 0.05) is 20.0 Å². The number of rotatable bonds is 3. The molecule has 1 aromatic rings. The molecule has 5 heteroatoms. The fourth-order valence-corrected chi connectivity index (χ4v) is 2.86. The van der Waals surface area contributed by atoms with Gasteiger partial charge in [-0.15, -0.1) is 0 Å². The largest absolute Gasteiger partial charge is 0.416 e. The molecule has 1 aliphatic rings. The summed E-state index contributed by atoms with van der Waals surface area (Å²) in [5.74, 6) is 0.468. The van der Waals surface area contributed by atoms with Crippen molar-refractivity contribution in [3.05, 3.63) is 35.4 Å². The first kappa shape index (κ1) is 15.9. The third kappa shape index (κ3) is 4.48. The Morgan fingerprint density at radius 1 is 1.38 bits per heavy atom. The van der Waals surface area contributed by atoms with Gasteiger partial charge in [-0.1, -0.05) is 18.2 Å². The normalized spacial score (nSPS) is 19.6. The summed E-state index contributed by atoms with van der Waals surface area (Å²) >= 11 is 0. The summed E-state index contributed by atoms with van der Waals surface area (Å²) in [4.78, 5) is 13.2. The second-order valence-corrected chi connectivity index (χ2v) is 5.71. The Bertz CT molecular complexity index is 499. The van der Waals surface area contributed by atoms with Gasteiger partial charge in [0.25, 0.3) is 0 Å². The molecule has 1 atom stereocenters. The zero-order valence-corrected chi connectivity index (χ0v) is 12.1. The number of amides is 1. The van der Waals surface area contributed by atoms with E-state index in [0.29, 0.717) is 17.9 Å². The molecular weight excluding hydrogens is 279 g/mol. The van der Waals surface area contributed by atoms with Gasteiger partial charge in [0.05, 0.1) is 5.56 Å². The molecule has 1 saturated heterocycles. The SMILES string of the molecule is CC(=O)N1CCC[C@@H](CCc2cccc(C(F)(F)F)c2)C1. The fraction of sp³-hybridized carbons (Fsp3) is 0.562. The highest BCUT2D eigenvalue weighted by atomic mass is 19.4. The monoisotopic (exact) mass is 299 g/mol. The smallest absolute Gasteiger partial charge is 0.343 e. The van der Waals surface area contributed by atoms with Gasteiger partial charge in [-0.05, 0) is 43.2 Å². The number of aryl methyl sites for hydroxylation is 1. The fourth-order valence-electron chi connectivity index (χ4n) is 2.86. The molecule has 0 bridgehead atoms. The molecule has 1 heterocycles. The second-order valence-electron chi connectivity index (χ2n) is 5.71. The number of benzene rings is 1. The van der Waals surface area contributed by atoms with Gasteiger partial charge >= 0.3 is 6.18 Å². The maximum Gasteiger partial charge on any atom is 0.416 e. The van der Waals surface area contributed by atoms with Crippen molar-refractivity contribution >= 4 is 5.91 Å². The van der Waals surface area contributed by atoms with E-state index < -0.39 is 11.7 Å². The summed E-state index contributed by atoms with van der Waals surface area (Å²) in [5, 5.41) is 0. The van der Waals surface area contributed by atoms with Gasteiger partial charge < -0.3 is 4.90 Å². The molecule has 1 fully saturated rings. The Balaban J connectivity index is 1.92. The standard InChI is InChI=1S/C16H20F3NO/c1-12(21)20-9-3-5-14(11-20)8-7-13-4-2-6-15(10-13)16(17,18)19/h2,4,6,10,14H,3,5,7-9,11H2,1H3/t14-/m0/s1. The van der Waals surface area contributed by atoms with E-state index in [1.807, 2.05) is 4.90 Å². The quantitative estimate of drug-likeness (QED) is 0.829. The Kier molecular flexibility index (Phi) is 4.91. The molecule has 1 aromatic carbocycles. The Labute approximate surface area is 122 Å². The lowest BCUT2D eigenvalue weighted by molar-refractivity contribution is -0.137. The summed E-state index contributed by atoms with van der Waals surface area (Å²) in [6.07, 6.45) is -0.812. The average Bonchev–Trinajstić information content (AvgIpc) is 2.45. The van der Waals surface area contributed by atoms with Crippen LogP contribution in [0.2, 0.25) is 0 Å². The van der Waals surface area contributed by atoms with Crippen LogP contribution in [0, 0.1) is 5.92 Å². The van der Waals surface area contributed by atoms with Gasteiger partial charge in [0.1, 0.15) is 0 Å². The average molecular weight is 299 g/mol. The van der Waals surface area contributed by atoms with Crippen molar-refractivity contribution in [2.45, 2.75) is 38.8 Å². The Hall–Kier alpha value is -1.52. The molecule has 0 spiro atoms. The lowest BCUT2D eigenvalue weighted by Gasteiger charge is -2.32. The summed E-state index contributed by atoms with van der Waals surface area (Å²) in [6, 6.07) is 5.52. The van der Waals surface area contributed by atoms with E-state index in [-0.39, 0.29) is 5.91 Å². The maximum atomic E-state index is 12.7. The topological polar surface area (TPSA) is 20.3 Å². The minimum Gasteiger partial charge on any atom is -0.343 e. The molecule has 0 radical (unpaired) electrons. The van der Waals surface area contributed by atoms with Crippen LogP contribution >= 0.6 is 0 Å². The van der Waals surface area contributed by atoms with E-state index in [4.69, 9.17) is 0 Å². The zero-order valence-electron chi connectivity index (χ0n) is 12.1. The van der Waals surface area contributed by atoms with Crippen molar-refractivity contribution < 1.29 is 18.0 Å². The van der Waals surface area contributed by atoms with Crippen LogP contribution in [0.4, 0.5) is 13.2 Å². The number of carbonyl (C=O) groups excluding carboxylic acids is 1. The molecule has 0 aliphatic carbocycles. The molecule has 1 aliphatic heterocycles. The first-order valence-electron chi connectivity index (χ1n) is 7.28. The summed E-state index contributed by atoms with van der Waals surface area (Å²) in [6.45, 7) is 3.10. The Morgan fingerprint density at radius 3 is 2.81 bits per heavy atom. The van der Waals surface area contributed by atoms with E-state index in [2.05, 4.69) is 0 Å². The van der Waals surface area contributed by atoms with E-state index in [9.17, 15) is 18.0 Å². The van der Waals surface area contributed by atoms with Crippen LogP contribution in [0.3, 0.4) is 0 Å². The number of hydrogen-bond acceptors (Lipinski definition) is 1. The molecule has 0 unspecified atom stereocenters. The van der Waals surface area contributed by atoms with Gasteiger partial charge in [0.15, 0.2) is 0 Å². The Morgan fingerprint density at radius 2 is 2.14 bits per heavy atom. The van der Waals surface area contributed by atoms with Crippen molar-refractivity contribution in [3.63, 3.8) is 0 Å². The highest BCUT2D eigenvalue weighted by Gasteiger charge is 2.30. The molecule has 0 saturated carbocycles. The van der Waals surface area contributed by atoms with Crippen molar-refractivity contribution in [2.75, 3.05) is 13.1 Å². The number of piperidine rings is 1. The molecule has 2 nitrogen and oxygen atoms in total. The van der Waals surface area contributed by atoms with Crippen LogP contribution in [-0.4, -0.2) is 23.9 Å². The van der Waals surface area contributed by atoms with Crippen LogP contribution < -0.4 is 0 Å². The van der Waals surface area contributed by atoms with Gasteiger partial charge in [-0.25, -0.2) is 0 Å². The van der Waals surface area contributed by atoms with Crippen molar-refractivity contribution in [1.82, 2.24) is 4.90 Å². The van der Waals surface area contributed by atoms with Crippen molar-refractivity contribution in [3.8, 4) is 0 Å². The minimum atomic E-state index is -4.29. The third-order valence-electron chi connectivity index (χ3n) is 4.06. The van der Waals surface area contributed by atoms with Crippen LogP contribution in [-0.2, 0) is 17.4 Å². The predicted octanol–water partition coefficient (Wildman–Crippen LogP) is 3.90. The third-order valence-corrected chi connectivity index (χ3v) is 4.06. The maximum absolute atomic E-state index is 12.7. The number of alkyl halides is 3. The number of nitrogens with zero attached hydrogens (tertiary/aromatic N) is 1. The summed E-state index contributed by atoms with van der Waals surface area (Å²) in [5.41, 5.74) is 0.124. The molecule has 0 N–H and O–H groups in total. The van der Waals surface area contributed by atoms with Gasteiger partial charge in [0.2, 0.25) is 5.91 Å². The summed E-state index contributed by atoms with van der Waals surface area (Å²) < 4.78 is 38.0. The number of likely N-dealkylation sites (tertiary alicyclic amines) is 1. The van der Waals surface area contributed by atoms with Crippen LogP contribution in [0.25, 0.3) is 0 Å². The van der Waals surface area contributed by atoms with Crippen LogP contribution in [0.5, 0.6) is 0 Å². The molecule has 21 heavy (non-hydrogen) atoms. The van der Waals surface area contributed by atoms with Gasteiger partial charge in [-0.3, -0.25) is 4.79 Å². The highest BCUT2D eigenvalue weighted by Crippen LogP contribution is 2.30. The molecular formula is C16H20F3NO.